The molecule has 2 aromatic heterocycles. The molecule has 21 heavy (non-hydrogen) atoms. The Balaban J connectivity index is 1.88. The quantitative estimate of drug-likeness (QED) is 0.923. The lowest BCUT2D eigenvalue weighted by Gasteiger charge is -2.23. The van der Waals surface area contributed by atoms with Crippen LogP contribution in [0, 0.1) is 6.92 Å². The van der Waals surface area contributed by atoms with Crippen molar-refractivity contribution in [2.75, 3.05) is 5.73 Å². The van der Waals surface area contributed by atoms with Gasteiger partial charge in [0.25, 0.3) is 5.91 Å². The average Bonchev–Trinajstić information content (AvgIpc) is 3.22. The van der Waals surface area contributed by atoms with Crippen LogP contribution in [-0.2, 0) is 13.6 Å². The van der Waals surface area contributed by atoms with Gasteiger partial charge in [-0.05, 0) is 25.8 Å². The van der Waals surface area contributed by atoms with Gasteiger partial charge in [-0.15, -0.1) is 0 Å². The van der Waals surface area contributed by atoms with Crippen LogP contribution < -0.4 is 5.73 Å². The van der Waals surface area contributed by atoms with E-state index in [1.54, 1.807) is 18.5 Å². The number of hydrogen-bond donors (Lipinski definition) is 1. The zero-order chi connectivity index (χ0) is 15.0. The second-order valence-corrected chi connectivity index (χ2v) is 5.52. The molecule has 1 amide bonds. The molecule has 6 nitrogen and oxygen atoms in total. The van der Waals surface area contributed by atoms with Gasteiger partial charge in [0.15, 0.2) is 0 Å². The molecule has 3 rings (SSSR count). The fourth-order valence-electron chi connectivity index (χ4n) is 2.37. The monoisotopic (exact) mass is 285 g/mol. The van der Waals surface area contributed by atoms with Crippen LogP contribution in [0.15, 0.2) is 24.7 Å². The largest absolute Gasteiger partial charge is 0.397 e. The van der Waals surface area contributed by atoms with Crippen molar-refractivity contribution in [1.29, 1.82) is 0 Å². The van der Waals surface area contributed by atoms with Gasteiger partial charge in [0.2, 0.25) is 0 Å². The Kier molecular flexibility index (Phi) is 3.37. The Morgan fingerprint density at radius 1 is 1.48 bits per heavy atom. The zero-order valence-electron chi connectivity index (χ0n) is 12.3. The molecular weight excluding hydrogens is 266 g/mol. The number of aromatic nitrogens is 3. The van der Waals surface area contributed by atoms with E-state index in [0.29, 0.717) is 29.5 Å². The predicted molar refractivity (Wildman–Crippen MR) is 79.5 cm³/mol. The molecule has 1 saturated carbocycles. The van der Waals surface area contributed by atoms with Crippen molar-refractivity contribution in [3.8, 4) is 0 Å². The predicted octanol–water partition coefficient (Wildman–Crippen LogP) is 1.51. The van der Waals surface area contributed by atoms with Gasteiger partial charge in [0.05, 0.1) is 29.7 Å². The summed E-state index contributed by atoms with van der Waals surface area (Å²) in [5, 5.41) is 0. The Labute approximate surface area is 123 Å². The zero-order valence-corrected chi connectivity index (χ0v) is 12.3. The molecule has 0 unspecified atom stereocenters. The number of aryl methyl sites for hydroxylation is 2. The summed E-state index contributed by atoms with van der Waals surface area (Å²) in [7, 11) is 1.94. The molecule has 1 aliphatic rings. The Bertz CT molecular complexity index is 674. The summed E-state index contributed by atoms with van der Waals surface area (Å²) in [6, 6.07) is 2.01. The van der Waals surface area contributed by atoms with Gasteiger partial charge in [-0.2, -0.15) is 0 Å². The summed E-state index contributed by atoms with van der Waals surface area (Å²) in [6.07, 6.45) is 7.30. The first-order valence-corrected chi connectivity index (χ1v) is 7.05. The lowest BCUT2D eigenvalue weighted by atomic mass is 10.1. The number of pyridine rings is 1. The van der Waals surface area contributed by atoms with E-state index in [4.69, 9.17) is 5.73 Å². The number of nitrogen functional groups attached to an aromatic ring is 1. The van der Waals surface area contributed by atoms with Crippen LogP contribution in [0.4, 0.5) is 5.69 Å². The maximum absolute atomic E-state index is 12.8. The Hall–Kier alpha value is -2.37. The molecule has 0 aromatic carbocycles. The van der Waals surface area contributed by atoms with E-state index in [2.05, 4.69) is 9.97 Å². The molecule has 2 N–H and O–H groups in total. The van der Waals surface area contributed by atoms with E-state index >= 15 is 0 Å². The second-order valence-electron chi connectivity index (χ2n) is 5.52. The van der Waals surface area contributed by atoms with Gasteiger partial charge < -0.3 is 15.2 Å². The summed E-state index contributed by atoms with van der Waals surface area (Å²) in [6.45, 7) is 2.35. The number of amides is 1. The van der Waals surface area contributed by atoms with Crippen LogP contribution in [0.5, 0.6) is 0 Å². The minimum atomic E-state index is -0.0159. The maximum Gasteiger partial charge on any atom is 0.256 e. The van der Waals surface area contributed by atoms with E-state index < -0.39 is 0 Å². The van der Waals surface area contributed by atoms with Gasteiger partial charge in [-0.25, -0.2) is 4.98 Å². The fraction of sp³-hybridized carbons (Fsp3) is 0.400. The number of nitrogens with two attached hydrogens (primary N) is 1. The molecule has 0 saturated heterocycles. The third-order valence-electron chi connectivity index (χ3n) is 3.82. The number of hydrogen-bond acceptors (Lipinski definition) is 4. The third kappa shape index (κ3) is 2.74. The van der Waals surface area contributed by atoms with Crippen molar-refractivity contribution in [3.05, 3.63) is 41.7 Å². The van der Waals surface area contributed by atoms with E-state index in [-0.39, 0.29) is 5.91 Å². The highest BCUT2D eigenvalue weighted by Gasteiger charge is 2.34. The summed E-state index contributed by atoms with van der Waals surface area (Å²) in [5.41, 5.74) is 7.57. The van der Waals surface area contributed by atoms with Crippen LogP contribution in [0.1, 0.15) is 34.7 Å². The summed E-state index contributed by atoms with van der Waals surface area (Å²) in [4.78, 5) is 23.2. The summed E-state index contributed by atoms with van der Waals surface area (Å²) in [5.74, 6) is 0.863. The Morgan fingerprint density at radius 3 is 2.86 bits per heavy atom. The van der Waals surface area contributed by atoms with Crippen molar-refractivity contribution in [1.82, 2.24) is 19.4 Å². The normalized spacial score (nSPS) is 14.2. The van der Waals surface area contributed by atoms with Gasteiger partial charge in [-0.1, -0.05) is 0 Å². The number of carbonyl (C=O) groups excluding carboxylic acids is 1. The van der Waals surface area contributed by atoms with Crippen molar-refractivity contribution >= 4 is 11.6 Å². The minimum Gasteiger partial charge on any atom is -0.397 e. The van der Waals surface area contributed by atoms with Crippen molar-refractivity contribution in [2.24, 2.45) is 7.05 Å². The highest BCUT2D eigenvalue weighted by molar-refractivity contribution is 5.96. The first-order valence-electron chi connectivity index (χ1n) is 7.05. The number of carbonyl (C=O) groups is 1. The molecule has 0 bridgehead atoms. The van der Waals surface area contributed by atoms with Crippen molar-refractivity contribution in [2.45, 2.75) is 32.4 Å². The lowest BCUT2D eigenvalue weighted by Crippen LogP contribution is -2.34. The molecule has 0 radical (unpaired) electrons. The number of rotatable bonds is 4. The third-order valence-corrected chi connectivity index (χ3v) is 3.82. The van der Waals surface area contributed by atoms with Gasteiger partial charge >= 0.3 is 0 Å². The molecule has 6 heteroatoms. The van der Waals surface area contributed by atoms with E-state index in [9.17, 15) is 4.79 Å². The SMILES string of the molecule is Cc1ncc(N)cc1C(=O)N(Cc1nccn1C)C1CC1. The first-order chi connectivity index (χ1) is 10.1. The first kappa shape index (κ1) is 13.6. The van der Waals surface area contributed by atoms with Gasteiger partial charge in [0, 0.05) is 25.5 Å². The number of nitrogens with zero attached hydrogens (tertiary/aromatic N) is 4. The molecule has 2 aromatic rings. The van der Waals surface area contributed by atoms with Gasteiger partial charge in [-0.3, -0.25) is 9.78 Å². The van der Waals surface area contributed by atoms with E-state index in [1.165, 1.54) is 0 Å². The van der Waals surface area contributed by atoms with Gasteiger partial charge in [0.1, 0.15) is 5.82 Å². The van der Waals surface area contributed by atoms with Crippen molar-refractivity contribution in [3.63, 3.8) is 0 Å². The average molecular weight is 285 g/mol. The topological polar surface area (TPSA) is 77.0 Å². The smallest absolute Gasteiger partial charge is 0.256 e. The van der Waals surface area contributed by atoms with Crippen LogP contribution in [-0.4, -0.2) is 31.4 Å². The van der Waals surface area contributed by atoms with Crippen LogP contribution >= 0.6 is 0 Å². The summed E-state index contributed by atoms with van der Waals surface area (Å²) < 4.78 is 1.94. The second kappa shape index (κ2) is 5.20. The molecule has 1 aliphatic carbocycles. The van der Waals surface area contributed by atoms with E-state index in [0.717, 1.165) is 18.7 Å². The highest BCUT2D eigenvalue weighted by atomic mass is 16.2. The summed E-state index contributed by atoms with van der Waals surface area (Å²) >= 11 is 0. The lowest BCUT2D eigenvalue weighted by molar-refractivity contribution is 0.0723. The number of imidazole rings is 1. The standard InChI is InChI=1S/C15H19N5O/c1-10-13(7-11(16)8-18-10)15(21)20(12-3-4-12)9-14-17-5-6-19(14)2/h5-8,12H,3-4,9,16H2,1-2H3. The van der Waals surface area contributed by atoms with Crippen LogP contribution in [0.25, 0.3) is 0 Å². The Morgan fingerprint density at radius 2 is 2.24 bits per heavy atom. The molecule has 110 valence electrons. The molecule has 1 fully saturated rings. The van der Waals surface area contributed by atoms with Crippen molar-refractivity contribution < 1.29 is 4.79 Å². The number of anilines is 1. The molecule has 0 spiro atoms. The molecular formula is C15H19N5O. The fourth-order valence-corrected chi connectivity index (χ4v) is 2.37. The van der Waals surface area contributed by atoms with Crippen LogP contribution in [0.3, 0.4) is 0 Å². The van der Waals surface area contributed by atoms with Crippen LogP contribution in [0.2, 0.25) is 0 Å². The maximum atomic E-state index is 12.8. The molecule has 0 aliphatic heterocycles. The minimum absolute atomic E-state index is 0.0159. The highest BCUT2D eigenvalue weighted by Crippen LogP contribution is 2.30. The molecule has 2 heterocycles. The molecule has 0 atom stereocenters. The van der Waals surface area contributed by atoms with E-state index in [1.807, 2.05) is 29.6 Å².